The van der Waals surface area contributed by atoms with Crippen molar-refractivity contribution in [3.8, 4) is 0 Å². The first-order valence-electron chi connectivity index (χ1n) is 5.73. The molecule has 0 N–H and O–H groups in total. The number of carbonyl (C=O) groups is 1. The predicted molar refractivity (Wildman–Crippen MR) is 58.8 cm³/mol. The molecule has 0 amide bonds. The van der Waals surface area contributed by atoms with Crippen LogP contribution in [-0.2, 0) is 4.79 Å². The van der Waals surface area contributed by atoms with E-state index in [1.807, 2.05) is 12.4 Å². The molecule has 82 valence electrons. The van der Waals surface area contributed by atoms with E-state index in [2.05, 4.69) is 23.4 Å². The molecule has 0 bridgehead atoms. The van der Waals surface area contributed by atoms with Crippen molar-refractivity contribution in [2.24, 2.45) is 0 Å². The van der Waals surface area contributed by atoms with Gasteiger partial charge in [-0.2, -0.15) is 0 Å². The zero-order chi connectivity index (χ0) is 10.8. The molecule has 1 aliphatic rings. The fourth-order valence-corrected chi connectivity index (χ4v) is 2.32. The molecular formula is C12H18N2O. The van der Waals surface area contributed by atoms with Gasteiger partial charge in [-0.15, -0.1) is 0 Å². The van der Waals surface area contributed by atoms with Crippen LogP contribution in [0, 0.1) is 0 Å². The van der Waals surface area contributed by atoms with Gasteiger partial charge in [0.15, 0.2) is 0 Å². The van der Waals surface area contributed by atoms with Crippen molar-refractivity contribution in [1.29, 1.82) is 0 Å². The van der Waals surface area contributed by atoms with E-state index < -0.39 is 0 Å². The Labute approximate surface area is 90.5 Å². The lowest BCUT2D eigenvalue weighted by Gasteiger charge is -2.24. The standard InChI is InChI=1S/C12H18N2O/c1-9(2)12-13-6-7-14(12)10-4-3-5-11(15)8-10/h6-7,9-10H,3-5,8H2,1-2H3. The second-order valence-electron chi connectivity index (χ2n) is 4.64. The molecule has 0 saturated heterocycles. The number of aromatic nitrogens is 2. The van der Waals surface area contributed by atoms with Crippen LogP contribution in [0.15, 0.2) is 12.4 Å². The number of rotatable bonds is 2. The molecule has 3 nitrogen and oxygen atoms in total. The molecule has 1 fully saturated rings. The summed E-state index contributed by atoms with van der Waals surface area (Å²) in [5, 5.41) is 0. The molecule has 1 aliphatic carbocycles. The summed E-state index contributed by atoms with van der Waals surface area (Å²) in [6.45, 7) is 4.28. The van der Waals surface area contributed by atoms with Gasteiger partial charge in [-0.05, 0) is 12.8 Å². The van der Waals surface area contributed by atoms with E-state index in [9.17, 15) is 4.79 Å². The Morgan fingerprint density at radius 2 is 2.33 bits per heavy atom. The van der Waals surface area contributed by atoms with Crippen LogP contribution in [0.4, 0.5) is 0 Å². The van der Waals surface area contributed by atoms with Crippen molar-refractivity contribution in [2.45, 2.75) is 51.5 Å². The number of imidazole rings is 1. The number of hydrogen-bond acceptors (Lipinski definition) is 2. The van der Waals surface area contributed by atoms with E-state index >= 15 is 0 Å². The molecule has 3 heteroatoms. The van der Waals surface area contributed by atoms with Gasteiger partial charge in [0, 0.05) is 37.2 Å². The van der Waals surface area contributed by atoms with E-state index in [4.69, 9.17) is 0 Å². The number of Topliss-reactive ketones (excluding diaryl/α,β-unsaturated/α-hetero) is 1. The van der Waals surface area contributed by atoms with Gasteiger partial charge in [-0.25, -0.2) is 4.98 Å². The lowest BCUT2D eigenvalue weighted by Crippen LogP contribution is -2.20. The third kappa shape index (κ3) is 2.11. The first kappa shape index (κ1) is 10.4. The molecule has 1 aromatic rings. The fourth-order valence-electron chi connectivity index (χ4n) is 2.32. The van der Waals surface area contributed by atoms with E-state index in [1.54, 1.807) is 0 Å². The lowest BCUT2D eigenvalue weighted by molar-refractivity contribution is -0.121. The normalized spacial score (nSPS) is 22.3. The summed E-state index contributed by atoms with van der Waals surface area (Å²) in [5.74, 6) is 1.93. The van der Waals surface area contributed by atoms with Crippen molar-refractivity contribution < 1.29 is 4.79 Å². The molecule has 0 radical (unpaired) electrons. The van der Waals surface area contributed by atoms with Gasteiger partial charge in [0.1, 0.15) is 11.6 Å². The monoisotopic (exact) mass is 206 g/mol. The van der Waals surface area contributed by atoms with Crippen LogP contribution in [-0.4, -0.2) is 15.3 Å². The largest absolute Gasteiger partial charge is 0.331 e. The second kappa shape index (κ2) is 4.17. The average Bonchev–Trinajstić information content (AvgIpc) is 2.65. The van der Waals surface area contributed by atoms with Crippen LogP contribution in [0.3, 0.4) is 0 Å². The maximum atomic E-state index is 11.4. The predicted octanol–water partition coefficient (Wildman–Crippen LogP) is 2.69. The zero-order valence-electron chi connectivity index (χ0n) is 9.44. The molecule has 0 aliphatic heterocycles. The Bertz CT molecular complexity index is 354. The Morgan fingerprint density at radius 3 is 3.00 bits per heavy atom. The Kier molecular flexibility index (Phi) is 2.89. The maximum Gasteiger partial charge on any atom is 0.134 e. The Balaban J connectivity index is 2.20. The highest BCUT2D eigenvalue weighted by molar-refractivity contribution is 5.79. The van der Waals surface area contributed by atoms with Crippen molar-refractivity contribution in [3.05, 3.63) is 18.2 Å². The minimum absolute atomic E-state index is 0.353. The van der Waals surface area contributed by atoms with E-state index in [-0.39, 0.29) is 0 Å². The third-order valence-corrected chi connectivity index (χ3v) is 3.06. The summed E-state index contributed by atoms with van der Waals surface area (Å²) in [6, 6.07) is 0.353. The highest BCUT2D eigenvalue weighted by atomic mass is 16.1. The first-order valence-corrected chi connectivity index (χ1v) is 5.73. The average molecular weight is 206 g/mol. The summed E-state index contributed by atoms with van der Waals surface area (Å²) in [5.41, 5.74) is 0. The fraction of sp³-hybridized carbons (Fsp3) is 0.667. The number of ketones is 1. The number of nitrogens with zero attached hydrogens (tertiary/aromatic N) is 2. The van der Waals surface area contributed by atoms with Gasteiger partial charge in [0.25, 0.3) is 0 Å². The smallest absolute Gasteiger partial charge is 0.134 e. The molecule has 0 aromatic carbocycles. The van der Waals surface area contributed by atoms with Crippen LogP contribution in [0.1, 0.15) is 57.3 Å². The molecule has 1 atom stereocenters. The van der Waals surface area contributed by atoms with Gasteiger partial charge >= 0.3 is 0 Å². The molecule has 0 spiro atoms. The topological polar surface area (TPSA) is 34.9 Å². The highest BCUT2D eigenvalue weighted by Gasteiger charge is 2.23. The van der Waals surface area contributed by atoms with Crippen LogP contribution < -0.4 is 0 Å². The Hall–Kier alpha value is -1.12. The SMILES string of the molecule is CC(C)c1nccn1C1CCCC(=O)C1. The quantitative estimate of drug-likeness (QED) is 0.745. The molecule has 1 unspecified atom stereocenters. The van der Waals surface area contributed by atoms with Crippen LogP contribution >= 0.6 is 0 Å². The third-order valence-electron chi connectivity index (χ3n) is 3.06. The lowest BCUT2D eigenvalue weighted by atomic mass is 9.94. The van der Waals surface area contributed by atoms with Crippen LogP contribution in [0.5, 0.6) is 0 Å². The molecule has 1 saturated carbocycles. The number of hydrogen-bond donors (Lipinski definition) is 0. The van der Waals surface area contributed by atoms with Gasteiger partial charge in [0.2, 0.25) is 0 Å². The van der Waals surface area contributed by atoms with E-state index in [0.717, 1.165) is 25.1 Å². The van der Waals surface area contributed by atoms with Crippen LogP contribution in [0.2, 0.25) is 0 Å². The molecule has 15 heavy (non-hydrogen) atoms. The van der Waals surface area contributed by atoms with Crippen LogP contribution in [0.25, 0.3) is 0 Å². The second-order valence-corrected chi connectivity index (χ2v) is 4.64. The van der Waals surface area contributed by atoms with E-state index in [0.29, 0.717) is 24.2 Å². The summed E-state index contributed by atoms with van der Waals surface area (Å²) >= 11 is 0. The minimum Gasteiger partial charge on any atom is -0.331 e. The molecular weight excluding hydrogens is 188 g/mol. The number of carbonyl (C=O) groups excluding carboxylic acids is 1. The Morgan fingerprint density at radius 1 is 1.53 bits per heavy atom. The van der Waals surface area contributed by atoms with Crippen molar-refractivity contribution in [2.75, 3.05) is 0 Å². The van der Waals surface area contributed by atoms with Gasteiger partial charge in [-0.1, -0.05) is 13.8 Å². The summed E-state index contributed by atoms with van der Waals surface area (Å²) in [7, 11) is 0. The van der Waals surface area contributed by atoms with E-state index in [1.165, 1.54) is 0 Å². The molecule has 1 aromatic heterocycles. The zero-order valence-corrected chi connectivity index (χ0v) is 9.44. The minimum atomic E-state index is 0.353. The highest BCUT2D eigenvalue weighted by Crippen LogP contribution is 2.28. The molecule has 2 rings (SSSR count). The summed E-state index contributed by atoms with van der Waals surface area (Å²) in [4.78, 5) is 15.8. The van der Waals surface area contributed by atoms with Gasteiger partial charge in [0.05, 0.1) is 0 Å². The summed E-state index contributed by atoms with van der Waals surface area (Å²) < 4.78 is 2.20. The van der Waals surface area contributed by atoms with Gasteiger partial charge in [-0.3, -0.25) is 4.79 Å². The van der Waals surface area contributed by atoms with Crippen molar-refractivity contribution in [1.82, 2.24) is 9.55 Å². The van der Waals surface area contributed by atoms with Gasteiger partial charge < -0.3 is 4.57 Å². The summed E-state index contributed by atoms with van der Waals surface area (Å²) in [6.07, 6.45) is 7.45. The van der Waals surface area contributed by atoms with Crippen molar-refractivity contribution >= 4 is 5.78 Å². The molecule has 1 heterocycles. The van der Waals surface area contributed by atoms with Crippen molar-refractivity contribution in [3.63, 3.8) is 0 Å². The maximum absolute atomic E-state index is 11.4. The first-order chi connectivity index (χ1) is 7.18.